The number of carbonyl (C=O) groups is 1. The first-order valence-electron chi connectivity index (χ1n) is 5.68. The monoisotopic (exact) mass is 312 g/mol. The van der Waals surface area contributed by atoms with Crippen LogP contribution in [0.15, 0.2) is 35.9 Å². The summed E-state index contributed by atoms with van der Waals surface area (Å²) in [5, 5.41) is 0.804. The van der Waals surface area contributed by atoms with Crippen LogP contribution in [-0.4, -0.2) is 19.2 Å². The molecule has 1 aromatic rings. The van der Waals surface area contributed by atoms with Gasteiger partial charge in [0.15, 0.2) is 6.61 Å². The van der Waals surface area contributed by atoms with Crippen molar-refractivity contribution in [3.8, 4) is 5.75 Å². The average molecular weight is 313 g/mol. The SMILES string of the molecule is CC(C)=CCOC(=O)COc1ccc(CBr)cc1. The minimum Gasteiger partial charge on any atom is -0.482 e. The summed E-state index contributed by atoms with van der Waals surface area (Å²) in [5.74, 6) is 0.302. The maximum atomic E-state index is 11.3. The zero-order chi connectivity index (χ0) is 13.4. The molecule has 0 radical (unpaired) electrons. The molecule has 1 rings (SSSR count). The minimum atomic E-state index is -0.364. The molecule has 0 fully saturated rings. The fourth-order valence-electron chi connectivity index (χ4n) is 1.16. The van der Waals surface area contributed by atoms with E-state index >= 15 is 0 Å². The summed E-state index contributed by atoms with van der Waals surface area (Å²) in [6.45, 7) is 4.14. The van der Waals surface area contributed by atoms with Crippen molar-refractivity contribution in [3.63, 3.8) is 0 Å². The Kier molecular flexibility index (Phi) is 6.50. The van der Waals surface area contributed by atoms with Crippen LogP contribution in [0.3, 0.4) is 0 Å². The van der Waals surface area contributed by atoms with E-state index in [0.717, 1.165) is 16.5 Å². The molecule has 0 N–H and O–H groups in total. The summed E-state index contributed by atoms with van der Waals surface area (Å²) in [7, 11) is 0. The average Bonchev–Trinajstić information content (AvgIpc) is 2.36. The van der Waals surface area contributed by atoms with Crippen LogP contribution in [0.5, 0.6) is 5.75 Å². The lowest BCUT2D eigenvalue weighted by atomic mass is 10.2. The molecule has 0 bridgehead atoms. The summed E-state index contributed by atoms with van der Waals surface area (Å²) >= 11 is 3.36. The molecule has 4 heteroatoms. The Bertz CT molecular complexity index is 406. The number of rotatable bonds is 6. The van der Waals surface area contributed by atoms with Gasteiger partial charge in [0.25, 0.3) is 0 Å². The van der Waals surface area contributed by atoms with E-state index in [-0.39, 0.29) is 12.6 Å². The van der Waals surface area contributed by atoms with Crippen molar-refractivity contribution < 1.29 is 14.3 Å². The van der Waals surface area contributed by atoms with Crippen LogP contribution in [-0.2, 0) is 14.9 Å². The highest BCUT2D eigenvalue weighted by Crippen LogP contribution is 2.13. The van der Waals surface area contributed by atoms with Gasteiger partial charge in [-0.3, -0.25) is 0 Å². The lowest BCUT2D eigenvalue weighted by molar-refractivity contribution is -0.144. The fourth-order valence-corrected chi connectivity index (χ4v) is 1.53. The zero-order valence-electron chi connectivity index (χ0n) is 10.6. The number of carbonyl (C=O) groups excluding carboxylic acids is 1. The summed E-state index contributed by atoms with van der Waals surface area (Å²) < 4.78 is 10.3. The van der Waals surface area contributed by atoms with Gasteiger partial charge >= 0.3 is 5.97 Å². The van der Waals surface area contributed by atoms with Crippen LogP contribution in [0.4, 0.5) is 0 Å². The first kappa shape index (κ1) is 14.8. The van der Waals surface area contributed by atoms with Crippen molar-refractivity contribution in [2.75, 3.05) is 13.2 Å². The Morgan fingerprint density at radius 2 is 1.94 bits per heavy atom. The third-order valence-corrected chi connectivity index (χ3v) is 2.82. The van der Waals surface area contributed by atoms with Crippen molar-refractivity contribution in [2.24, 2.45) is 0 Å². The molecular weight excluding hydrogens is 296 g/mol. The van der Waals surface area contributed by atoms with Gasteiger partial charge < -0.3 is 9.47 Å². The molecule has 0 aliphatic rings. The standard InChI is InChI=1S/C14H17BrO3/c1-11(2)7-8-17-14(16)10-18-13-5-3-12(9-15)4-6-13/h3-7H,8-10H2,1-2H3. The Balaban J connectivity index is 2.31. The molecule has 98 valence electrons. The Hall–Kier alpha value is -1.29. The number of alkyl halides is 1. The topological polar surface area (TPSA) is 35.5 Å². The molecule has 18 heavy (non-hydrogen) atoms. The van der Waals surface area contributed by atoms with Crippen LogP contribution in [0.2, 0.25) is 0 Å². The van der Waals surface area contributed by atoms with Gasteiger partial charge in [0.2, 0.25) is 0 Å². The number of hydrogen-bond donors (Lipinski definition) is 0. The van der Waals surface area contributed by atoms with E-state index in [4.69, 9.17) is 9.47 Å². The van der Waals surface area contributed by atoms with Crippen molar-refractivity contribution in [2.45, 2.75) is 19.2 Å². The van der Waals surface area contributed by atoms with Gasteiger partial charge in [0, 0.05) is 5.33 Å². The number of benzene rings is 1. The molecule has 0 aliphatic carbocycles. The van der Waals surface area contributed by atoms with E-state index in [1.807, 2.05) is 44.2 Å². The quantitative estimate of drug-likeness (QED) is 0.458. The van der Waals surface area contributed by atoms with Crippen LogP contribution >= 0.6 is 15.9 Å². The second-order valence-electron chi connectivity index (χ2n) is 4.03. The smallest absolute Gasteiger partial charge is 0.344 e. The molecule has 0 atom stereocenters. The van der Waals surface area contributed by atoms with Crippen LogP contribution < -0.4 is 4.74 Å². The van der Waals surface area contributed by atoms with E-state index in [2.05, 4.69) is 15.9 Å². The number of esters is 1. The van der Waals surface area contributed by atoms with Gasteiger partial charge in [-0.15, -0.1) is 0 Å². The van der Waals surface area contributed by atoms with E-state index in [0.29, 0.717) is 12.4 Å². The zero-order valence-corrected chi connectivity index (χ0v) is 12.2. The highest BCUT2D eigenvalue weighted by molar-refractivity contribution is 9.08. The first-order chi connectivity index (χ1) is 8.61. The van der Waals surface area contributed by atoms with Crippen molar-refractivity contribution >= 4 is 21.9 Å². The highest BCUT2D eigenvalue weighted by Gasteiger charge is 2.03. The predicted molar refractivity (Wildman–Crippen MR) is 75.0 cm³/mol. The van der Waals surface area contributed by atoms with Gasteiger partial charge in [-0.25, -0.2) is 4.79 Å². The van der Waals surface area contributed by atoms with Crippen LogP contribution in [0, 0.1) is 0 Å². The van der Waals surface area contributed by atoms with Gasteiger partial charge in [-0.1, -0.05) is 33.6 Å². The summed E-state index contributed by atoms with van der Waals surface area (Å²) in [5.41, 5.74) is 2.28. The second kappa shape index (κ2) is 7.93. The van der Waals surface area contributed by atoms with Crippen molar-refractivity contribution in [3.05, 3.63) is 41.5 Å². The van der Waals surface area contributed by atoms with Crippen molar-refractivity contribution in [1.29, 1.82) is 0 Å². The van der Waals surface area contributed by atoms with E-state index in [1.54, 1.807) is 0 Å². The Morgan fingerprint density at radius 3 is 2.50 bits per heavy atom. The van der Waals surface area contributed by atoms with Crippen molar-refractivity contribution in [1.82, 2.24) is 0 Å². The molecule has 0 spiro atoms. The van der Waals surface area contributed by atoms with E-state index < -0.39 is 0 Å². The molecule has 0 heterocycles. The van der Waals surface area contributed by atoms with Gasteiger partial charge in [-0.05, 0) is 37.6 Å². The molecule has 0 aromatic heterocycles. The lowest BCUT2D eigenvalue weighted by Crippen LogP contribution is -2.14. The first-order valence-corrected chi connectivity index (χ1v) is 6.80. The third kappa shape index (κ3) is 5.87. The summed E-state index contributed by atoms with van der Waals surface area (Å²) in [4.78, 5) is 11.3. The molecule has 3 nitrogen and oxygen atoms in total. The largest absolute Gasteiger partial charge is 0.482 e. The molecule has 0 saturated carbocycles. The van der Waals surface area contributed by atoms with Crippen LogP contribution in [0.25, 0.3) is 0 Å². The lowest BCUT2D eigenvalue weighted by Gasteiger charge is -2.06. The van der Waals surface area contributed by atoms with Gasteiger partial charge in [0.1, 0.15) is 12.4 Å². The number of ether oxygens (including phenoxy) is 2. The Morgan fingerprint density at radius 1 is 1.28 bits per heavy atom. The van der Waals surface area contributed by atoms with E-state index in [1.165, 1.54) is 0 Å². The number of allylic oxidation sites excluding steroid dienone is 1. The summed E-state index contributed by atoms with van der Waals surface area (Å²) in [6, 6.07) is 7.55. The van der Waals surface area contributed by atoms with Gasteiger partial charge in [0.05, 0.1) is 0 Å². The molecule has 1 aromatic carbocycles. The minimum absolute atomic E-state index is 0.0652. The molecule has 0 aliphatic heterocycles. The maximum absolute atomic E-state index is 11.3. The maximum Gasteiger partial charge on any atom is 0.344 e. The normalized spacial score (nSPS) is 9.72. The molecule has 0 saturated heterocycles. The molecule has 0 unspecified atom stereocenters. The predicted octanol–water partition coefficient (Wildman–Crippen LogP) is 3.47. The van der Waals surface area contributed by atoms with Crippen LogP contribution in [0.1, 0.15) is 19.4 Å². The highest BCUT2D eigenvalue weighted by atomic mass is 79.9. The second-order valence-corrected chi connectivity index (χ2v) is 4.59. The third-order valence-electron chi connectivity index (χ3n) is 2.17. The van der Waals surface area contributed by atoms with Gasteiger partial charge in [-0.2, -0.15) is 0 Å². The van der Waals surface area contributed by atoms with E-state index in [9.17, 15) is 4.79 Å². The molecular formula is C14H17BrO3. The number of halogens is 1. The Labute approximate surface area is 116 Å². The molecule has 0 amide bonds. The fraction of sp³-hybridized carbons (Fsp3) is 0.357. The summed E-state index contributed by atoms with van der Waals surface area (Å²) in [6.07, 6.45) is 1.85. The number of hydrogen-bond acceptors (Lipinski definition) is 3.